The maximum atomic E-state index is 12.9. The van der Waals surface area contributed by atoms with E-state index in [2.05, 4.69) is 93.7 Å². The molecule has 438 valence electrons. The van der Waals surface area contributed by atoms with E-state index in [1.807, 2.05) is 12.2 Å². The first-order valence-corrected chi connectivity index (χ1v) is 32.0. The number of aliphatic hydroxyl groups is 1. The third kappa shape index (κ3) is 55.4. The highest BCUT2D eigenvalue weighted by molar-refractivity contribution is 7.47. The normalized spacial score (nSPS) is 13.9. The van der Waals surface area contributed by atoms with E-state index in [9.17, 15) is 28.9 Å². The number of carbonyl (C=O) groups is 3. The molecule has 0 spiro atoms. The summed E-state index contributed by atoms with van der Waals surface area (Å²) < 4.78 is 39.5. The minimum Gasteiger partial charge on any atom is -0.462 e. The van der Waals surface area contributed by atoms with Crippen LogP contribution in [-0.2, 0) is 42.2 Å². The van der Waals surface area contributed by atoms with Gasteiger partial charge in [-0.2, -0.15) is 0 Å². The number of ether oxygens (including phenoxy) is 3. The van der Waals surface area contributed by atoms with E-state index >= 15 is 0 Å². The van der Waals surface area contributed by atoms with E-state index in [4.69, 9.17) is 23.3 Å². The third-order valence-corrected chi connectivity index (χ3v) is 13.7. The van der Waals surface area contributed by atoms with Crippen LogP contribution < -0.4 is 0 Å². The molecule has 0 saturated heterocycles. The summed E-state index contributed by atoms with van der Waals surface area (Å²) in [7, 11) is -4.77. The van der Waals surface area contributed by atoms with Crippen LogP contribution in [0.4, 0.5) is 0 Å². The number of phosphoric acid groups is 1. The van der Waals surface area contributed by atoms with E-state index in [1.54, 1.807) is 0 Å². The van der Waals surface area contributed by atoms with Crippen molar-refractivity contribution in [3.63, 3.8) is 0 Å². The van der Waals surface area contributed by atoms with Crippen molar-refractivity contribution in [3.05, 3.63) is 85.1 Å². The van der Waals surface area contributed by atoms with Crippen molar-refractivity contribution in [2.24, 2.45) is 0 Å². The maximum Gasteiger partial charge on any atom is 0.472 e. The summed E-state index contributed by atoms with van der Waals surface area (Å²) in [6, 6.07) is 0. The van der Waals surface area contributed by atoms with Crippen LogP contribution in [-0.4, -0.2) is 66.5 Å². The van der Waals surface area contributed by atoms with Gasteiger partial charge in [0.05, 0.1) is 19.8 Å². The molecule has 2 N–H and O–H groups in total. The lowest BCUT2D eigenvalue weighted by atomic mass is 10.1. The van der Waals surface area contributed by atoms with Gasteiger partial charge in [-0.15, -0.1) is 0 Å². The summed E-state index contributed by atoms with van der Waals surface area (Å²) in [4.78, 5) is 48.6. The fourth-order valence-corrected chi connectivity index (χ4v) is 8.94. The van der Waals surface area contributed by atoms with Crippen molar-refractivity contribution in [2.45, 2.75) is 277 Å². The number of allylic oxidation sites excluding steroid dienone is 14. The first-order chi connectivity index (χ1) is 37.2. The number of hydrogen-bond acceptors (Lipinski definition) is 10. The number of unbranched alkanes of at least 4 members (excludes halogenated alkanes) is 25. The van der Waals surface area contributed by atoms with Crippen LogP contribution >= 0.6 is 7.82 Å². The van der Waals surface area contributed by atoms with E-state index in [1.165, 1.54) is 122 Å². The van der Waals surface area contributed by atoms with Gasteiger partial charge in [-0.3, -0.25) is 23.4 Å². The van der Waals surface area contributed by atoms with Gasteiger partial charge in [-0.1, -0.05) is 228 Å². The molecule has 0 aliphatic heterocycles. The van der Waals surface area contributed by atoms with Gasteiger partial charge < -0.3 is 24.2 Å². The van der Waals surface area contributed by atoms with Crippen molar-refractivity contribution < 1.29 is 52.2 Å². The molecule has 0 aromatic carbocycles. The second kappa shape index (κ2) is 57.8. The van der Waals surface area contributed by atoms with Crippen LogP contribution in [0.2, 0.25) is 0 Å². The summed E-state index contributed by atoms with van der Waals surface area (Å²) in [5.74, 6) is -1.56. The molecule has 0 aliphatic rings. The molecule has 11 nitrogen and oxygen atoms in total. The quantitative estimate of drug-likeness (QED) is 0.0197. The van der Waals surface area contributed by atoms with Gasteiger partial charge >= 0.3 is 25.7 Å². The second-order valence-corrected chi connectivity index (χ2v) is 21.6. The van der Waals surface area contributed by atoms with Crippen LogP contribution in [0.3, 0.4) is 0 Å². The van der Waals surface area contributed by atoms with Gasteiger partial charge in [0, 0.05) is 19.3 Å². The summed E-state index contributed by atoms with van der Waals surface area (Å²) in [5.41, 5.74) is 0. The first kappa shape index (κ1) is 72.7. The van der Waals surface area contributed by atoms with E-state index in [0.29, 0.717) is 19.3 Å². The Bertz CT molecular complexity index is 1600. The number of rotatable bonds is 56. The van der Waals surface area contributed by atoms with Gasteiger partial charge in [0.25, 0.3) is 0 Å². The predicted molar refractivity (Wildman–Crippen MR) is 316 cm³/mol. The molecular formula is C64H111O11P. The molecule has 0 fully saturated rings. The summed E-state index contributed by atoms with van der Waals surface area (Å²) in [6.45, 7) is 4.43. The van der Waals surface area contributed by atoms with Crippen LogP contribution in [0.25, 0.3) is 0 Å². The summed E-state index contributed by atoms with van der Waals surface area (Å²) in [5, 5.41) is 9.80. The fraction of sp³-hybridized carbons (Fsp3) is 0.734. The Labute approximate surface area is 464 Å². The summed E-state index contributed by atoms with van der Waals surface area (Å²) >= 11 is 0. The Kier molecular flexibility index (Phi) is 55.3. The monoisotopic (exact) mass is 1090 g/mol. The SMILES string of the molecule is CC/C=C\C/C=C\C/C=C\C/C=C\CCC(=O)OC(CO)COP(=O)(O)OCC(COC(=O)CCCCCCCCC/C=C\CCCCCCCC)OC(=O)CCCCCCCCCCC/C=C\C/C=C\CCCCC. The molecule has 0 heterocycles. The van der Waals surface area contributed by atoms with Crippen LogP contribution in [0.15, 0.2) is 85.1 Å². The topological polar surface area (TPSA) is 155 Å². The molecule has 0 aliphatic carbocycles. The van der Waals surface area contributed by atoms with Crippen molar-refractivity contribution >= 4 is 25.7 Å². The Hall–Kier alpha value is -3.34. The maximum absolute atomic E-state index is 12.9. The van der Waals surface area contributed by atoms with Gasteiger partial charge in [-0.25, -0.2) is 4.57 Å². The highest BCUT2D eigenvalue weighted by Gasteiger charge is 2.28. The number of hydrogen-bond donors (Lipinski definition) is 2. The number of aliphatic hydroxyl groups excluding tert-OH is 1. The number of phosphoric ester groups is 1. The molecule has 0 aromatic rings. The molecule has 0 bridgehead atoms. The minimum atomic E-state index is -4.77. The molecule has 0 saturated carbocycles. The zero-order chi connectivity index (χ0) is 55.5. The first-order valence-electron chi connectivity index (χ1n) is 30.5. The van der Waals surface area contributed by atoms with E-state index in [0.717, 1.165) is 83.5 Å². The van der Waals surface area contributed by atoms with Crippen molar-refractivity contribution in [2.75, 3.05) is 26.4 Å². The standard InChI is InChI=1S/C64H111O11P/c1-4-7-10-13-16-19-22-25-27-29-30-32-34-37-40-43-46-49-52-55-64(68)75-61(57-71-62(66)53-50-47-44-41-38-36-33-31-28-26-23-20-17-14-11-8-5-2)59-73-76(69,70)72-58-60(56-65)74-63(67)54-51-48-45-42-39-35-24-21-18-15-12-9-6-3/h9,12,16,18-19,21,25-28,35,39,45,48,60-61,65H,4-8,10-11,13-15,17,20,22-24,29-34,36-38,40-44,46-47,49-59H2,1-3H3,(H,69,70)/b12-9-,19-16-,21-18-,27-25-,28-26-,39-35-,48-45-. The molecule has 0 amide bonds. The lowest BCUT2D eigenvalue weighted by Crippen LogP contribution is -2.30. The molecule has 0 rings (SSSR count). The molecule has 12 heteroatoms. The smallest absolute Gasteiger partial charge is 0.462 e. The lowest BCUT2D eigenvalue weighted by Gasteiger charge is -2.21. The highest BCUT2D eigenvalue weighted by Crippen LogP contribution is 2.43. The zero-order valence-corrected chi connectivity index (χ0v) is 49.3. The molecule has 76 heavy (non-hydrogen) atoms. The molecule has 3 atom stereocenters. The molecule has 0 aromatic heterocycles. The Morgan fingerprint density at radius 2 is 0.711 bits per heavy atom. The van der Waals surface area contributed by atoms with Crippen LogP contribution in [0, 0.1) is 0 Å². The average molecular weight is 1090 g/mol. The average Bonchev–Trinajstić information content (AvgIpc) is 3.41. The van der Waals surface area contributed by atoms with Crippen molar-refractivity contribution in [3.8, 4) is 0 Å². The van der Waals surface area contributed by atoms with E-state index in [-0.39, 0.29) is 25.9 Å². The number of esters is 3. The Balaban J connectivity index is 4.77. The van der Waals surface area contributed by atoms with Crippen LogP contribution in [0.5, 0.6) is 0 Å². The van der Waals surface area contributed by atoms with Gasteiger partial charge in [0.2, 0.25) is 0 Å². The number of carbonyl (C=O) groups excluding carboxylic acids is 3. The summed E-state index contributed by atoms with van der Waals surface area (Å²) in [6.07, 6.45) is 67.0. The van der Waals surface area contributed by atoms with E-state index < -0.39 is 57.8 Å². The minimum absolute atomic E-state index is 0.0536. The third-order valence-electron chi connectivity index (χ3n) is 12.8. The van der Waals surface area contributed by atoms with Gasteiger partial charge in [0.15, 0.2) is 6.10 Å². The Morgan fingerprint density at radius 3 is 1.17 bits per heavy atom. The molecule has 3 unspecified atom stereocenters. The second-order valence-electron chi connectivity index (χ2n) is 20.1. The Morgan fingerprint density at radius 1 is 0.382 bits per heavy atom. The zero-order valence-electron chi connectivity index (χ0n) is 48.5. The highest BCUT2D eigenvalue weighted by atomic mass is 31.2. The van der Waals surface area contributed by atoms with Gasteiger partial charge in [-0.05, 0) is 103 Å². The van der Waals surface area contributed by atoms with Crippen molar-refractivity contribution in [1.82, 2.24) is 0 Å². The fourth-order valence-electron chi connectivity index (χ4n) is 8.16. The van der Waals surface area contributed by atoms with Crippen molar-refractivity contribution in [1.29, 1.82) is 0 Å². The lowest BCUT2D eigenvalue weighted by molar-refractivity contribution is -0.161. The van der Waals surface area contributed by atoms with Gasteiger partial charge in [0.1, 0.15) is 12.7 Å². The largest absolute Gasteiger partial charge is 0.472 e. The molecular weight excluding hydrogens is 976 g/mol. The van der Waals surface area contributed by atoms with Crippen LogP contribution in [0.1, 0.15) is 265 Å². The molecule has 0 radical (unpaired) electrons. The predicted octanol–water partition coefficient (Wildman–Crippen LogP) is 18.3.